The maximum Gasteiger partial charge on any atom is 0.172 e. The summed E-state index contributed by atoms with van der Waals surface area (Å²) in [6, 6.07) is 0. The number of hydrogen-bond donors (Lipinski definition) is 2. The van der Waals surface area contributed by atoms with Crippen LogP contribution in [-0.4, -0.2) is 136 Å². The first-order valence-corrected chi connectivity index (χ1v) is 20.9. The van der Waals surface area contributed by atoms with Crippen LogP contribution < -0.4 is 5.32 Å². The molecule has 8 rings (SSSR count). The molecule has 12 nitrogen and oxygen atoms in total. The van der Waals surface area contributed by atoms with Crippen molar-refractivity contribution in [3.05, 3.63) is 24.3 Å². The number of aliphatic hydroxyl groups excluding tert-OH is 1. The molecule has 8 heterocycles. The summed E-state index contributed by atoms with van der Waals surface area (Å²) in [4.78, 5) is 14.2. The maximum absolute atomic E-state index is 14.2. The van der Waals surface area contributed by atoms with Gasteiger partial charge in [0, 0.05) is 77.5 Å². The second-order valence-corrected chi connectivity index (χ2v) is 17.6. The molecule has 0 radical (unpaired) electrons. The van der Waals surface area contributed by atoms with Crippen molar-refractivity contribution in [2.45, 2.75) is 187 Å². The van der Waals surface area contributed by atoms with Gasteiger partial charge in [-0.05, 0) is 63.1 Å². The van der Waals surface area contributed by atoms with E-state index in [1.54, 1.807) is 14.2 Å². The molecule has 0 amide bonds. The summed E-state index contributed by atoms with van der Waals surface area (Å²) in [5.41, 5.74) is 1.97. The first-order chi connectivity index (χ1) is 26.6. The van der Waals surface area contributed by atoms with Crippen molar-refractivity contribution < 1.29 is 52.5 Å². The van der Waals surface area contributed by atoms with Crippen LogP contribution in [-0.2, 0) is 47.4 Å². The quantitative estimate of drug-likeness (QED) is 0.300. The molecule has 12 heteroatoms. The van der Waals surface area contributed by atoms with Gasteiger partial charge in [0.25, 0.3) is 0 Å². The Kier molecular flexibility index (Phi) is 12.3. The van der Waals surface area contributed by atoms with Gasteiger partial charge in [-0.3, -0.25) is 4.79 Å². The molecular weight excluding hydrogens is 706 g/mol. The van der Waals surface area contributed by atoms with Gasteiger partial charge in [0.1, 0.15) is 18.0 Å². The molecule has 8 fully saturated rings. The number of Topliss-reactive ketones (excluding diaryl/α,β-unsaturated/α-hetero) is 1. The van der Waals surface area contributed by atoms with E-state index < -0.39 is 18.0 Å². The van der Waals surface area contributed by atoms with E-state index in [1.165, 1.54) is 0 Å². The third kappa shape index (κ3) is 8.28. The van der Waals surface area contributed by atoms with Crippen LogP contribution in [0.2, 0.25) is 0 Å². The van der Waals surface area contributed by atoms with Crippen LogP contribution in [0.1, 0.15) is 89.9 Å². The van der Waals surface area contributed by atoms with E-state index in [9.17, 15) is 9.90 Å². The lowest BCUT2D eigenvalue weighted by Crippen LogP contribution is -2.58. The average Bonchev–Trinajstić information content (AvgIpc) is 3.78. The molecule has 1 spiro atoms. The minimum atomic E-state index is -0.955. The fraction of sp³-hybridized carbons (Fsp3) is 0.837. The molecular formula is C43H63NO11. The number of nitrogens with one attached hydrogen (secondary N) is 1. The standard InChI is InChI=1S/C43H63NO11/c1-7-25-15-27-8-10-33-23(2)14-29(49-33)12-13-43-21-32(46)41(55-43)38-20-39(54-43)42-34(52-38)11-9-28(51-42)16-26(45)17-31-36(19-35(50-27)24(25)3)53-37(40(31)48-6)18-30(47-5)22-44-4/h1,25,27-42,44,46H,2-3,8-22H2,4-6H3/t25-,27+,28-,29+,30?,31+,32-,33+,34?,35-,36+,37-,38?,39?,40-,41+,42+,43-/m1/s1. The van der Waals surface area contributed by atoms with Crippen LogP contribution in [0.15, 0.2) is 24.3 Å². The van der Waals surface area contributed by atoms with E-state index in [4.69, 9.17) is 49.1 Å². The minimum absolute atomic E-state index is 0.0247. The van der Waals surface area contributed by atoms with E-state index in [1.807, 2.05) is 7.05 Å². The molecule has 2 N–H and O–H groups in total. The number of terminal acetylenes is 1. The Hall–Kier alpha value is -1.73. The highest BCUT2D eigenvalue weighted by atomic mass is 16.7. The number of carbonyl (C=O) groups excluding carboxylic acids is 1. The zero-order valence-corrected chi connectivity index (χ0v) is 32.9. The van der Waals surface area contributed by atoms with E-state index in [-0.39, 0.29) is 110 Å². The van der Waals surface area contributed by atoms with Gasteiger partial charge in [-0.2, -0.15) is 0 Å². The van der Waals surface area contributed by atoms with Crippen molar-refractivity contribution in [3.8, 4) is 12.3 Å². The molecule has 10 bridgehead atoms. The molecule has 8 saturated heterocycles. The summed E-state index contributed by atoms with van der Waals surface area (Å²) in [5, 5.41) is 14.4. The summed E-state index contributed by atoms with van der Waals surface area (Å²) in [6.45, 7) is 9.52. The summed E-state index contributed by atoms with van der Waals surface area (Å²) >= 11 is 0. The Bertz CT molecular complexity index is 1450. The summed E-state index contributed by atoms with van der Waals surface area (Å²) in [5.74, 6) is 1.81. The number of carbonyl (C=O) groups is 1. The van der Waals surface area contributed by atoms with Gasteiger partial charge in [-0.15, -0.1) is 6.42 Å². The van der Waals surface area contributed by atoms with E-state index >= 15 is 0 Å². The fourth-order valence-electron chi connectivity index (χ4n) is 11.2. The maximum atomic E-state index is 14.2. The molecule has 8 aliphatic heterocycles. The second kappa shape index (κ2) is 16.9. The SMILES string of the molecule is C#C[C@@H]1C[C@@H]2CC[C@@H]3O[C@@H](CC[C@]45C[C@@H](O)[C@H](O4)C4CC(O5)[C@H]5O[C@H](CCC5O4)CC(=O)C[C@@H]4[C@@H](OC)[C@@H](CC(CNC)OC)O[C@H]4C[C@@H](O2)C1=C)CC3=C. The van der Waals surface area contributed by atoms with Gasteiger partial charge in [0.2, 0.25) is 0 Å². The zero-order chi connectivity index (χ0) is 38.4. The fourth-order valence-corrected chi connectivity index (χ4v) is 11.2. The molecule has 0 aromatic heterocycles. The third-order valence-electron chi connectivity index (χ3n) is 14.0. The molecule has 0 aromatic carbocycles. The van der Waals surface area contributed by atoms with Crippen molar-refractivity contribution in [1.29, 1.82) is 0 Å². The van der Waals surface area contributed by atoms with Crippen LogP contribution >= 0.6 is 0 Å². The lowest BCUT2D eigenvalue weighted by Gasteiger charge is -2.47. The number of aliphatic hydroxyl groups is 1. The van der Waals surface area contributed by atoms with Crippen LogP contribution in [0.3, 0.4) is 0 Å². The van der Waals surface area contributed by atoms with E-state index in [0.29, 0.717) is 57.9 Å². The smallest absolute Gasteiger partial charge is 0.172 e. The van der Waals surface area contributed by atoms with Crippen molar-refractivity contribution >= 4 is 5.78 Å². The highest BCUT2D eigenvalue weighted by molar-refractivity contribution is 5.79. The van der Waals surface area contributed by atoms with Crippen molar-refractivity contribution in [1.82, 2.24) is 5.32 Å². The first-order valence-electron chi connectivity index (χ1n) is 20.9. The minimum Gasteiger partial charge on any atom is -0.390 e. The van der Waals surface area contributed by atoms with Crippen LogP contribution in [0.5, 0.6) is 0 Å². The zero-order valence-electron chi connectivity index (χ0n) is 32.9. The van der Waals surface area contributed by atoms with Crippen molar-refractivity contribution in [2.24, 2.45) is 11.8 Å². The van der Waals surface area contributed by atoms with E-state index in [2.05, 4.69) is 24.4 Å². The van der Waals surface area contributed by atoms with Gasteiger partial charge in [-0.1, -0.05) is 19.1 Å². The number of likely N-dealkylation sites (N-methyl/N-ethyl adjacent to an activating group) is 1. The Morgan fingerprint density at radius 1 is 0.873 bits per heavy atom. The number of ether oxygens (including phenoxy) is 9. The third-order valence-corrected chi connectivity index (χ3v) is 14.0. The van der Waals surface area contributed by atoms with Gasteiger partial charge >= 0.3 is 0 Å². The summed E-state index contributed by atoms with van der Waals surface area (Å²) < 4.78 is 59.2. The largest absolute Gasteiger partial charge is 0.390 e. The summed E-state index contributed by atoms with van der Waals surface area (Å²) in [6.07, 6.45) is 10.6. The number of rotatable bonds is 6. The molecule has 55 heavy (non-hydrogen) atoms. The topological polar surface area (TPSA) is 132 Å². The number of methoxy groups -OCH3 is 2. The predicted octanol–water partition coefficient (Wildman–Crippen LogP) is 3.95. The van der Waals surface area contributed by atoms with Crippen LogP contribution in [0.4, 0.5) is 0 Å². The molecule has 18 atom stereocenters. The Morgan fingerprint density at radius 2 is 1.67 bits per heavy atom. The summed E-state index contributed by atoms with van der Waals surface area (Å²) in [7, 11) is 5.32. The number of fused-ring (bicyclic) bond motifs is 9. The Labute approximate surface area is 326 Å². The molecule has 306 valence electrons. The average molecular weight is 770 g/mol. The molecule has 0 aromatic rings. The van der Waals surface area contributed by atoms with Crippen LogP contribution in [0.25, 0.3) is 0 Å². The highest BCUT2D eigenvalue weighted by Gasteiger charge is 2.59. The van der Waals surface area contributed by atoms with Crippen molar-refractivity contribution in [2.75, 3.05) is 27.8 Å². The van der Waals surface area contributed by atoms with Gasteiger partial charge in [-0.25, -0.2) is 0 Å². The Balaban J connectivity index is 1.07. The molecule has 8 aliphatic rings. The molecule has 0 saturated carbocycles. The lowest BCUT2D eigenvalue weighted by atomic mass is 9.81. The normalized spacial score (nSPS) is 48.1. The number of hydrogen-bond acceptors (Lipinski definition) is 12. The second-order valence-electron chi connectivity index (χ2n) is 17.6. The van der Waals surface area contributed by atoms with Crippen LogP contribution in [0, 0.1) is 24.2 Å². The predicted molar refractivity (Wildman–Crippen MR) is 201 cm³/mol. The Morgan fingerprint density at radius 3 is 2.45 bits per heavy atom. The van der Waals surface area contributed by atoms with Crippen molar-refractivity contribution in [3.63, 3.8) is 0 Å². The van der Waals surface area contributed by atoms with E-state index in [0.717, 1.165) is 36.8 Å². The highest BCUT2D eigenvalue weighted by Crippen LogP contribution is 2.49. The van der Waals surface area contributed by atoms with Gasteiger partial charge in [0.05, 0.1) is 79.4 Å². The van der Waals surface area contributed by atoms with Gasteiger partial charge in [0.15, 0.2) is 5.79 Å². The van der Waals surface area contributed by atoms with Gasteiger partial charge < -0.3 is 53.1 Å². The monoisotopic (exact) mass is 769 g/mol. The molecule has 4 unspecified atom stereocenters. The molecule has 0 aliphatic carbocycles. The first kappa shape index (κ1) is 40.1. The lowest BCUT2D eigenvalue weighted by molar-refractivity contribution is -0.277. The number of ketones is 1.